The van der Waals surface area contributed by atoms with E-state index >= 15 is 0 Å². The minimum atomic E-state index is -0.258. The Bertz CT molecular complexity index is 828. The SMILES string of the molecule is O=C(C1CCCCC1)N1CCS/C1=C/c1csc(Nc2ccc(F)cc2)n1. The molecule has 2 aromatic rings. The van der Waals surface area contributed by atoms with E-state index in [0.29, 0.717) is 0 Å². The quantitative estimate of drug-likeness (QED) is 0.734. The number of thiazole rings is 1. The molecule has 1 aromatic carbocycles. The van der Waals surface area contributed by atoms with Crippen LogP contribution in [-0.4, -0.2) is 28.1 Å². The van der Waals surface area contributed by atoms with E-state index in [9.17, 15) is 9.18 Å². The molecule has 1 aromatic heterocycles. The molecule has 1 aliphatic carbocycles. The molecule has 1 saturated heterocycles. The molecule has 4 nitrogen and oxygen atoms in total. The zero-order valence-corrected chi connectivity index (χ0v) is 16.6. The van der Waals surface area contributed by atoms with Crippen molar-refractivity contribution in [1.29, 1.82) is 0 Å². The molecule has 0 atom stereocenters. The first-order valence-corrected chi connectivity index (χ1v) is 11.2. The normalized spacial score (nSPS) is 19.6. The molecule has 142 valence electrons. The third-order valence-electron chi connectivity index (χ3n) is 4.94. The Labute approximate surface area is 166 Å². The van der Waals surface area contributed by atoms with Gasteiger partial charge in [-0.2, -0.15) is 0 Å². The van der Waals surface area contributed by atoms with Gasteiger partial charge >= 0.3 is 0 Å². The van der Waals surface area contributed by atoms with E-state index in [-0.39, 0.29) is 17.6 Å². The number of carbonyl (C=O) groups is 1. The highest BCUT2D eigenvalue weighted by atomic mass is 32.2. The monoisotopic (exact) mass is 403 g/mol. The minimum absolute atomic E-state index is 0.187. The van der Waals surface area contributed by atoms with Crippen LogP contribution in [-0.2, 0) is 4.79 Å². The maximum atomic E-state index is 13.0. The third kappa shape index (κ3) is 4.52. The summed E-state index contributed by atoms with van der Waals surface area (Å²) in [4.78, 5) is 19.4. The van der Waals surface area contributed by atoms with Gasteiger partial charge in [-0.15, -0.1) is 23.1 Å². The average molecular weight is 404 g/mol. The van der Waals surface area contributed by atoms with Crippen LogP contribution in [0.5, 0.6) is 0 Å². The molecule has 2 aliphatic rings. The van der Waals surface area contributed by atoms with Gasteiger partial charge in [0.05, 0.1) is 10.7 Å². The van der Waals surface area contributed by atoms with Gasteiger partial charge in [0, 0.05) is 29.3 Å². The fourth-order valence-corrected chi connectivity index (χ4v) is 5.24. The van der Waals surface area contributed by atoms with Gasteiger partial charge in [-0.05, 0) is 43.2 Å². The van der Waals surface area contributed by atoms with Crippen LogP contribution in [0, 0.1) is 11.7 Å². The number of carbonyl (C=O) groups excluding carboxylic acids is 1. The van der Waals surface area contributed by atoms with E-state index < -0.39 is 0 Å². The summed E-state index contributed by atoms with van der Waals surface area (Å²) in [5, 5.41) is 6.91. The van der Waals surface area contributed by atoms with Gasteiger partial charge in [0.25, 0.3) is 0 Å². The molecule has 0 spiro atoms. The Hall–Kier alpha value is -1.86. The van der Waals surface area contributed by atoms with Gasteiger partial charge in [-0.1, -0.05) is 19.3 Å². The maximum absolute atomic E-state index is 13.0. The number of amides is 1. The largest absolute Gasteiger partial charge is 0.332 e. The average Bonchev–Trinajstić information content (AvgIpc) is 3.34. The predicted molar refractivity (Wildman–Crippen MR) is 111 cm³/mol. The molecule has 1 N–H and O–H groups in total. The number of thioether (sulfide) groups is 1. The lowest BCUT2D eigenvalue weighted by molar-refractivity contribution is -0.133. The van der Waals surface area contributed by atoms with Gasteiger partial charge < -0.3 is 10.2 Å². The van der Waals surface area contributed by atoms with E-state index in [1.807, 2.05) is 16.4 Å². The second-order valence-electron chi connectivity index (χ2n) is 6.87. The van der Waals surface area contributed by atoms with Crippen LogP contribution in [0.1, 0.15) is 37.8 Å². The molecule has 0 bridgehead atoms. The number of hydrogen-bond donors (Lipinski definition) is 1. The topological polar surface area (TPSA) is 45.2 Å². The Balaban J connectivity index is 1.45. The molecule has 2 fully saturated rings. The lowest BCUT2D eigenvalue weighted by Crippen LogP contribution is -2.34. The number of nitrogens with one attached hydrogen (secondary N) is 1. The minimum Gasteiger partial charge on any atom is -0.332 e. The molecule has 1 amide bonds. The van der Waals surface area contributed by atoms with Gasteiger partial charge in [0.2, 0.25) is 5.91 Å². The summed E-state index contributed by atoms with van der Waals surface area (Å²) in [7, 11) is 0. The molecule has 1 aliphatic heterocycles. The number of nitrogens with zero attached hydrogens (tertiary/aromatic N) is 2. The molecule has 27 heavy (non-hydrogen) atoms. The first kappa shape index (κ1) is 18.5. The number of rotatable bonds is 4. The summed E-state index contributed by atoms with van der Waals surface area (Å²) in [6.07, 6.45) is 7.64. The van der Waals surface area contributed by atoms with Crippen LogP contribution >= 0.6 is 23.1 Å². The molecule has 2 heterocycles. The van der Waals surface area contributed by atoms with Gasteiger partial charge in [-0.3, -0.25) is 4.79 Å². The Morgan fingerprint density at radius 3 is 2.78 bits per heavy atom. The van der Waals surface area contributed by atoms with E-state index in [4.69, 9.17) is 0 Å². The smallest absolute Gasteiger partial charge is 0.230 e. The van der Waals surface area contributed by atoms with Crippen molar-refractivity contribution in [2.75, 3.05) is 17.6 Å². The molecule has 7 heteroatoms. The van der Waals surface area contributed by atoms with Crippen molar-refractivity contribution in [3.63, 3.8) is 0 Å². The summed E-state index contributed by atoms with van der Waals surface area (Å²) in [5.41, 5.74) is 1.64. The standard InChI is InChI=1S/C20H22FN3OS2/c21-15-6-8-16(9-7-15)22-20-23-17(13-27-20)12-18-24(10-11-26-18)19(25)14-4-2-1-3-5-14/h6-9,12-14H,1-5,10-11H2,(H,22,23)/b18-12+. The Morgan fingerprint density at radius 1 is 1.22 bits per heavy atom. The van der Waals surface area contributed by atoms with Gasteiger partial charge in [0.15, 0.2) is 5.13 Å². The summed E-state index contributed by atoms with van der Waals surface area (Å²) in [6.45, 7) is 0.788. The van der Waals surface area contributed by atoms with Crippen molar-refractivity contribution in [3.05, 3.63) is 46.2 Å². The summed E-state index contributed by atoms with van der Waals surface area (Å²) >= 11 is 3.22. The molecule has 0 radical (unpaired) electrons. The van der Waals surface area contributed by atoms with E-state index in [2.05, 4.69) is 10.3 Å². The first-order valence-electron chi connectivity index (χ1n) is 9.33. The van der Waals surface area contributed by atoms with Crippen molar-refractivity contribution < 1.29 is 9.18 Å². The molecular formula is C20H22FN3OS2. The highest BCUT2D eigenvalue weighted by Gasteiger charge is 2.31. The third-order valence-corrected chi connectivity index (χ3v) is 6.74. The van der Waals surface area contributed by atoms with E-state index in [1.165, 1.54) is 42.7 Å². The molecule has 1 saturated carbocycles. The van der Waals surface area contributed by atoms with Crippen LogP contribution in [0.3, 0.4) is 0 Å². The molecule has 0 unspecified atom stereocenters. The number of hydrogen-bond acceptors (Lipinski definition) is 5. The second-order valence-corrected chi connectivity index (χ2v) is 8.84. The van der Waals surface area contributed by atoms with Crippen molar-refractivity contribution in [2.24, 2.45) is 5.92 Å². The van der Waals surface area contributed by atoms with Crippen LogP contribution in [0.4, 0.5) is 15.2 Å². The van der Waals surface area contributed by atoms with Crippen LogP contribution in [0.25, 0.3) is 6.08 Å². The van der Waals surface area contributed by atoms with Crippen molar-refractivity contribution >= 4 is 45.9 Å². The molecule has 4 rings (SSSR count). The summed E-state index contributed by atoms with van der Waals surface area (Å²) in [5.74, 6) is 1.15. The summed E-state index contributed by atoms with van der Waals surface area (Å²) in [6, 6.07) is 6.21. The van der Waals surface area contributed by atoms with E-state index in [0.717, 1.165) is 46.7 Å². The molecular weight excluding hydrogens is 381 g/mol. The predicted octanol–water partition coefficient (Wildman–Crippen LogP) is 5.48. The zero-order chi connectivity index (χ0) is 18.6. The lowest BCUT2D eigenvalue weighted by Gasteiger charge is -2.26. The second kappa shape index (κ2) is 8.44. The zero-order valence-electron chi connectivity index (χ0n) is 15.0. The van der Waals surface area contributed by atoms with Crippen molar-refractivity contribution in [3.8, 4) is 0 Å². The van der Waals surface area contributed by atoms with Crippen molar-refractivity contribution in [2.45, 2.75) is 32.1 Å². The van der Waals surface area contributed by atoms with Crippen LogP contribution in [0.2, 0.25) is 0 Å². The van der Waals surface area contributed by atoms with E-state index in [1.54, 1.807) is 23.9 Å². The summed E-state index contributed by atoms with van der Waals surface area (Å²) < 4.78 is 13.0. The number of halogens is 1. The number of aromatic nitrogens is 1. The number of benzene rings is 1. The first-order chi connectivity index (χ1) is 13.2. The Kier molecular flexibility index (Phi) is 5.78. The van der Waals surface area contributed by atoms with Crippen LogP contribution in [0.15, 0.2) is 34.7 Å². The maximum Gasteiger partial charge on any atom is 0.230 e. The highest BCUT2D eigenvalue weighted by molar-refractivity contribution is 8.03. The fourth-order valence-electron chi connectivity index (χ4n) is 3.53. The van der Waals surface area contributed by atoms with Gasteiger partial charge in [-0.25, -0.2) is 9.37 Å². The number of anilines is 2. The fraction of sp³-hybridized carbons (Fsp3) is 0.400. The Morgan fingerprint density at radius 2 is 2.00 bits per heavy atom. The van der Waals surface area contributed by atoms with Crippen molar-refractivity contribution in [1.82, 2.24) is 9.88 Å². The lowest BCUT2D eigenvalue weighted by atomic mass is 9.88. The van der Waals surface area contributed by atoms with Gasteiger partial charge in [0.1, 0.15) is 5.82 Å². The highest BCUT2D eigenvalue weighted by Crippen LogP contribution is 2.34. The van der Waals surface area contributed by atoms with Crippen LogP contribution < -0.4 is 5.32 Å².